The zero-order chi connectivity index (χ0) is 19.1. The molecule has 142 valence electrons. The summed E-state index contributed by atoms with van der Waals surface area (Å²) in [4.78, 5) is 38.5. The van der Waals surface area contributed by atoms with Crippen LogP contribution in [0.25, 0.3) is 0 Å². The topological polar surface area (TPSA) is 75.7 Å². The largest absolute Gasteiger partial charge is 0.385 e. The highest BCUT2D eigenvalue weighted by molar-refractivity contribution is 6.22. The quantitative estimate of drug-likeness (QED) is 0.514. The lowest BCUT2D eigenvalue weighted by Crippen LogP contribution is -2.32. The normalized spacial score (nSPS) is 14.5. The van der Waals surface area contributed by atoms with Crippen molar-refractivity contribution in [3.05, 3.63) is 34.9 Å². The van der Waals surface area contributed by atoms with E-state index in [9.17, 15) is 14.4 Å². The molecule has 0 fully saturated rings. The molecule has 1 aliphatic rings. The maximum absolute atomic E-state index is 12.5. The Kier molecular flexibility index (Phi) is 7.33. The van der Waals surface area contributed by atoms with Gasteiger partial charge in [0.2, 0.25) is 0 Å². The maximum atomic E-state index is 12.5. The Hall–Kier alpha value is -2.21. The Labute approximate surface area is 154 Å². The lowest BCUT2D eigenvalue weighted by molar-refractivity contribution is 0.0638. The smallest absolute Gasteiger partial charge is 0.261 e. The number of carbonyl (C=O) groups is 3. The minimum atomic E-state index is -0.341. The molecule has 1 aromatic carbocycles. The Morgan fingerprint density at radius 1 is 1.15 bits per heavy atom. The molecule has 0 bridgehead atoms. The fourth-order valence-corrected chi connectivity index (χ4v) is 3.08. The van der Waals surface area contributed by atoms with Gasteiger partial charge in [0.15, 0.2) is 0 Å². The van der Waals surface area contributed by atoms with Crippen LogP contribution in [0.3, 0.4) is 0 Å². The second-order valence-corrected chi connectivity index (χ2v) is 6.74. The lowest BCUT2D eigenvalue weighted by Gasteiger charge is -2.14. The number of hydrogen-bond donors (Lipinski definition) is 1. The third-order valence-corrected chi connectivity index (χ3v) is 4.58. The Balaban J connectivity index is 2.04. The second kappa shape index (κ2) is 9.48. The molecule has 1 N–H and O–H groups in total. The monoisotopic (exact) mass is 360 g/mol. The Morgan fingerprint density at radius 3 is 2.58 bits per heavy atom. The summed E-state index contributed by atoms with van der Waals surface area (Å²) >= 11 is 0. The summed E-state index contributed by atoms with van der Waals surface area (Å²) in [5.74, 6) is -0.859. The van der Waals surface area contributed by atoms with Crippen LogP contribution in [0.2, 0.25) is 0 Å². The van der Waals surface area contributed by atoms with Crippen LogP contribution in [-0.4, -0.2) is 48.9 Å². The van der Waals surface area contributed by atoms with Crippen LogP contribution >= 0.6 is 0 Å². The molecule has 1 heterocycles. The number of benzene rings is 1. The van der Waals surface area contributed by atoms with Gasteiger partial charge >= 0.3 is 0 Å². The molecule has 1 unspecified atom stereocenters. The van der Waals surface area contributed by atoms with Crippen molar-refractivity contribution in [2.24, 2.45) is 0 Å². The van der Waals surface area contributed by atoms with Crippen molar-refractivity contribution in [2.45, 2.75) is 52.0 Å². The van der Waals surface area contributed by atoms with E-state index in [1.165, 1.54) is 11.0 Å². The highest BCUT2D eigenvalue weighted by Gasteiger charge is 2.35. The maximum Gasteiger partial charge on any atom is 0.261 e. The van der Waals surface area contributed by atoms with Crippen molar-refractivity contribution in [1.82, 2.24) is 10.2 Å². The summed E-state index contributed by atoms with van der Waals surface area (Å²) in [7, 11) is 1.58. The average Bonchev–Trinajstić information content (AvgIpc) is 2.86. The predicted molar refractivity (Wildman–Crippen MR) is 99.4 cm³/mol. The minimum absolute atomic E-state index is 0.0742. The van der Waals surface area contributed by atoms with Crippen molar-refractivity contribution in [3.8, 4) is 0 Å². The van der Waals surface area contributed by atoms with Gasteiger partial charge < -0.3 is 10.1 Å². The Morgan fingerprint density at radius 2 is 1.88 bits per heavy atom. The second-order valence-electron chi connectivity index (χ2n) is 6.74. The molecule has 0 radical (unpaired) electrons. The average molecular weight is 360 g/mol. The third kappa shape index (κ3) is 4.69. The van der Waals surface area contributed by atoms with Gasteiger partial charge in [0.1, 0.15) is 0 Å². The highest BCUT2D eigenvalue weighted by Crippen LogP contribution is 2.24. The molecule has 0 saturated heterocycles. The molecule has 1 aromatic rings. The molecule has 6 heteroatoms. The molecule has 6 nitrogen and oxygen atoms in total. The molecule has 2 rings (SSSR count). The number of nitrogens with zero attached hydrogens (tertiary/aromatic N) is 1. The van der Waals surface area contributed by atoms with Crippen LogP contribution in [0, 0.1) is 0 Å². The molecule has 1 atom stereocenters. The number of carbonyl (C=O) groups excluding carboxylic acids is 3. The first kappa shape index (κ1) is 20.1. The predicted octanol–water partition coefficient (Wildman–Crippen LogP) is 3.02. The first-order chi connectivity index (χ1) is 12.5. The number of rotatable bonds is 10. The Bertz CT molecular complexity index is 672. The summed E-state index contributed by atoms with van der Waals surface area (Å²) < 4.78 is 4.97. The van der Waals surface area contributed by atoms with E-state index in [0.717, 1.165) is 25.7 Å². The summed E-state index contributed by atoms with van der Waals surface area (Å²) in [6.07, 6.45) is 4.88. The van der Waals surface area contributed by atoms with Crippen LogP contribution in [0.4, 0.5) is 0 Å². The number of amides is 3. The first-order valence-electron chi connectivity index (χ1n) is 9.29. The standard InChI is InChI=1S/C20H28N2O4/c1-4-5-6-8-14(2)21-18(23)15-9-10-16-17(13-15)20(25)22(19(16)24)11-7-12-26-3/h9-10,13-14H,4-8,11-12H2,1-3H3,(H,21,23). The third-order valence-electron chi connectivity index (χ3n) is 4.58. The fourth-order valence-electron chi connectivity index (χ4n) is 3.08. The van der Waals surface area contributed by atoms with Crippen LogP contribution in [-0.2, 0) is 4.74 Å². The zero-order valence-electron chi connectivity index (χ0n) is 15.8. The molecular weight excluding hydrogens is 332 g/mol. The van der Waals surface area contributed by atoms with E-state index in [1.807, 2.05) is 6.92 Å². The molecule has 0 aliphatic carbocycles. The van der Waals surface area contributed by atoms with Gasteiger partial charge in [-0.3, -0.25) is 19.3 Å². The van der Waals surface area contributed by atoms with Crippen LogP contribution in [0.1, 0.15) is 77.0 Å². The van der Waals surface area contributed by atoms with E-state index in [-0.39, 0.29) is 23.8 Å². The van der Waals surface area contributed by atoms with E-state index in [2.05, 4.69) is 12.2 Å². The summed E-state index contributed by atoms with van der Waals surface area (Å²) in [6, 6.07) is 4.78. The number of fused-ring (bicyclic) bond motifs is 1. The van der Waals surface area contributed by atoms with Gasteiger partial charge in [-0.05, 0) is 38.0 Å². The molecule has 0 saturated carbocycles. The molecule has 0 spiro atoms. The van der Waals surface area contributed by atoms with E-state index in [4.69, 9.17) is 4.74 Å². The first-order valence-corrected chi connectivity index (χ1v) is 9.29. The number of ether oxygens (including phenoxy) is 1. The van der Waals surface area contributed by atoms with Gasteiger partial charge in [0, 0.05) is 31.9 Å². The van der Waals surface area contributed by atoms with Gasteiger partial charge in [0.25, 0.3) is 17.7 Å². The summed E-state index contributed by atoms with van der Waals surface area (Å²) in [5, 5.41) is 2.96. The number of hydrogen-bond acceptors (Lipinski definition) is 4. The highest BCUT2D eigenvalue weighted by atomic mass is 16.5. The zero-order valence-corrected chi connectivity index (χ0v) is 15.8. The molecule has 3 amide bonds. The van der Waals surface area contributed by atoms with Gasteiger partial charge in [-0.2, -0.15) is 0 Å². The van der Waals surface area contributed by atoms with Crippen LogP contribution in [0.15, 0.2) is 18.2 Å². The molecule has 1 aliphatic heterocycles. The lowest BCUT2D eigenvalue weighted by atomic mass is 10.0. The fraction of sp³-hybridized carbons (Fsp3) is 0.550. The number of imide groups is 1. The van der Waals surface area contributed by atoms with E-state index < -0.39 is 0 Å². The van der Waals surface area contributed by atoms with Gasteiger partial charge in [-0.25, -0.2) is 0 Å². The van der Waals surface area contributed by atoms with E-state index >= 15 is 0 Å². The summed E-state index contributed by atoms with van der Waals surface area (Å²) in [5.41, 5.74) is 1.07. The molecule has 0 aromatic heterocycles. The van der Waals surface area contributed by atoms with Gasteiger partial charge in [-0.15, -0.1) is 0 Å². The number of nitrogens with one attached hydrogen (secondary N) is 1. The van der Waals surface area contributed by atoms with Crippen LogP contribution < -0.4 is 5.32 Å². The van der Waals surface area contributed by atoms with Crippen molar-refractivity contribution in [2.75, 3.05) is 20.3 Å². The van der Waals surface area contributed by atoms with Crippen molar-refractivity contribution < 1.29 is 19.1 Å². The number of unbranched alkanes of at least 4 members (excludes halogenated alkanes) is 2. The van der Waals surface area contributed by atoms with Crippen LogP contribution in [0.5, 0.6) is 0 Å². The van der Waals surface area contributed by atoms with Crippen molar-refractivity contribution in [3.63, 3.8) is 0 Å². The summed E-state index contributed by atoms with van der Waals surface area (Å²) in [6.45, 7) is 4.92. The van der Waals surface area contributed by atoms with E-state index in [1.54, 1.807) is 19.2 Å². The molecule has 26 heavy (non-hydrogen) atoms. The number of methoxy groups -OCH3 is 1. The van der Waals surface area contributed by atoms with Gasteiger partial charge in [0.05, 0.1) is 11.1 Å². The molecular formula is C20H28N2O4. The van der Waals surface area contributed by atoms with Gasteiger partial charge in [-0.1, -0.05) is 26.2 Å². The SMILES string of the molecule is CCCCCC(C)NC(=O)c1ccc2c(c1)C(=O)N(CCCOC)C2=O. The van der Waals surface area contributed by atoms with E-state index in [0.29, 0.717) is 36.3 Å². The van der Waals surface area contributed by atoms with Crippen molar-refractivity contribution >= 4 is 17.7 Å². The minimum Gasteiger partial charge on any atom is -0.385 e. The van der Waals surface area contributed by atoms with Crippen molar-refractivity contribution in [1.29, 1.82) is 0 Å².